The van der Waals surface area contributed by atoms with Crippen molar-refractivity contribution in [3.63, 3.8) is 0 Å². The number of rotatable bonds is 4. The molecule has 0 saturated heterocycles. The van der Waals surface area contributed by atoms with Gasteiger partial charge in [0.05, 0.1) is 6.04 Å². The highest BCUT2D eigenvalue weighted by atomic mass is 15.4. The Labute approximate surface area is 125 Å². The maximum Gasteiger partial charge on any atom is 0.181 e. The van der Waals surface area contributed by atoms with Gasteiger partial charge in [-0.15, -0.1) is 0 Å². The summed E-state index contributed by atoms with van der Waals surface area (Å²) in [5.74, 6) is 1.72. The molecule has 1 atom stereocenters. The Hall–Kier alpha value is -2.42. The van der Waals surface area contributed by atoms with Gasteiger partial charge in [0.15, 0.2) is 11.6 Å². The van der Waals surface area contributed by atoms with Crippen LogP contribution in [0.25, 0.3) is 22.8 Å². The molecule has 3 rings (SSSR count). The molecule has 2 aromatic carbocycles. The van der Waals surface area contributed by atoms with Gasteiger partial charge in [0.25, 0.3) is 0 Å². The minimum Gasteiger partial charge on any atom is -0.242 e. The lowest BCUT2D eigenvalue weighted by atomic mass is 10.2. The van der Waals surface area contributed by atoms with Gasteiger partial charge < -0.3 is 0 Å². The van der Waals surface area contributed by atoms with Gasteiger partial charge in [0.1, 0.15) is 0 Å². The van der Waals surface area contributed by atoms with Gasteiger partial charge in [0, 0.05) is 11.1 Å². The number of benzene rings is 2. The average Bonchev–Trinajstić information content (AvgIpc) is 3.01. The Kier molecular flexibility index (Phi) is 3.82. The Morgan fingerprint density at radius 1 is 0.905 bits per heavy atom. The number of hydrogen-bond donors (Lipinski definition) is 0. The molecule has 0 saturated carbocycles. The SMILES string of the molecule is CC[C@H](C)n1nc(-c2ccccc2)nc1-c1ccccc1. The molecule has 0 aliphatic rings. The van der Waals surface area contributed by atoms with Gasteiger partial charge >= 0.3 is 0 Å². The average molecular weight is 277 g/mol. The molecule has 3 heteroatoms. The first-order valence-electron chi connectivity index (χ1n) is 7.37. The van der Waals surface area contributed by atoms with E-state index in [9.17, 15) is 0 Å². The zero-order valence-corrected chi connectivity index (χ0v) is 12.4. The van der Waals surface area contributed by atoms with Crippen molar-refractivity contribution >= 4 is 0 Å². The van der Waals surface area contributed by atoms with Crippen molar-refractivity contribution in [2.45, 2.75) is 26.3 Å². The summed E-state index contributed by atoms with van der Waals surface area (Å²) in [6, 6.07) is 20.7. The molecule has 3 nitrogen and oxygen atoms in total. The van der Waals surface area contributed by atoms with Crippen molar-refractivity contribution in [1.82, 2.24) is 14.8 Å². The highest BCUT2D eigenvalue weighted by molar-refractivity contribution is 5.61. The fourth-order valence-corrected chi connectivity index (χ4v) is 2.30. The molecule has 1 aromatic heterocycles. The Bertz CT molecular complexity index is 702. The van der Waals surface area contributed by atoms with Crippen molar-refractivity contribution in [2.75, 3.05) is 0 Å². The first kappa shape index (κ1) is 13.6. The molecule has 106 valence electrons. The van der Waals surface area contributed by atoms with Crippen molar-refractivity contribution < 1.29 is 0 Å². The van der Waals surface area contributed by atoms with E-state index in [2.05, 4.69) is 26.0 Å². The third kappa shape index (κ3) is 2.72. The fraction of sp³-hybridized carbons (Fsp3) is 0.222. The molecule has 0 aliphatic carbocycles. The van der Waals surface area contributed by atoms with Crippen LogP contribution in [0.4, 0.5) is 0 Å². The number of hydrogen-bond acceptors (Lipinski definition) is 2. The highest BCUT2D eigenvalue weighted by Gasteiger charge is 2.16. The van der Waals surface area contributed by atoms with E-state index < -0.39 is 0 Å². The van der Waals surface area contributed by atoms with E-state index >= 15 is 0 Å². The van der Waals surface area contributed by atoms with Crippen LogP contribution in [0.3, 0.4) is 0 Å². The van der Waals surface area contributed by atoms with Crippen LogP contribution >= 0.6 is 0 Å². The summed E-state index contributed by atoms with van der Waals surface area (Å²) in [4.78, 5) is 4.77. The minimum atomic E-state index is 0.324. The summed E-state index contributed by atoms with van der Waals surface area (Å²) in [5.41, 5.74) is 2.16. The monoisotopic (exact) mass is 277 g/mol. The zero-order chi connectivity index (χ0) is 14.7. The molecule has 3 aromatic rings. The van der Waals surface area contributed by atoms with E-state index in [1.807, 2.05) is 53.2 Å². The number of aromatic nitrogens is 3. The maximum atomic E-state index is 4.77. The van der Waals surface area contributed by atoms with E-state index in [-0.39, 0.29) is 0 Å². The van der Waals surface area contributed by atoms with Gasteiger partial charge in [-0.2, -0.15) is 5.10 Å². The minimum absolute atomic E-state index is 0.324. The smallest absolute Gasteiger partial charge is 0.181 e. The third-order valence-electron chi connectivity index (χ3n) is 3.70. The lowest BCUT2D eigenvalue weighted by Crippen LogP contribution is -2.07. The Balaban J connectivity index is 2.12. The van der Waals surface area contributed by atoms with E-state index in [1.165, 1.54) is 0 Å². The summed E-state index contributed by atoms with van der Waals surface area (Å²) in [5, 5.41) is 4.73. The molecular weight excluding hydrogens is 258 g/mol. The first-order chi connectivity index (χ1) is 10.3. The molecule has 21 heavy (non-hydrogen) atoms. The largest absolute Gasteiger partial charge is 0.242 e. The van der Waals surface area contributed by atoms with Crippen LogP contribution in [0.1, 0.15) is 26.3 Å². The third-order valence-corrected chi connectivity index (χ3v) is 3.70. The molecule has 0 N–H and O–H groups in total. The van der Waals surface area contributed by atoms with Gasteiger partial charge in [-0.1, -0.05) is 67.6 Å². The quantitative estimate of drug-likeness (QED) is 0.698. The van der Waals surface area contributed by atoms with Crippen LogP contribution in [0.15, 0.2) is 60.7 Å². The lowest BCUT2D eigenvalue weighted by molar-refractivity contribution is 0.483. The predicted octanol–water partition coefficient (Wildman–Crippen LogP) is 4.58. The van der Waals surface area contributed by atoms with Crippen LogP contribution in [0.2, 0.25) is 0 Å². The molecule has 0 amide bonds. The molecule has 0 fully saturated rings. The summed E-state index contributed by atoms with van der Waals surface area (Å²) in [6.07, 6.45) is 1.03. The summed E-state index contributed by atoms with van der Waals surface area (Å²) in [7, 11) is 0. The van der Waals surface area contributed by atoms with Crippen molar-refractivity contribution in [1.29, 1.82) is 0 Å². The second-order valence-electron chi connectivity index (χ2n) is 5.19. The topological polar surface area (TPSA) is 30.7 Å². The van der Waals surface area contributed by atoms with Gasteiger partial charge in [0.2, 0.25) is 0 Å². The van der Waals surface area contributed by atoms with Crippen molar-refractivity contribution in [2.24, 2.45) is 0 Å². The van der Waals surface area contributed by atoms with Crippen molar-refractivity contribution in [3.05, 3.63) is 60.7 Å². The summed E-state index contributed by atoms with van der Waals surface area (Å²) in [6.45, 7) is 4.35. The van der Waals surface area contributed by atoms with E-state index in [0.29, 0.717) is 6.04 Å². The fourth-order valence-electron chi connectivity index (χ4n) is 2.30. The molecule has 1 heterocycles. The Morgan fingerprint density at radius 2 is 1.48 bits per heavy atom. The molecular formula is C18H19N3. The normalized spacial score (nSPS) is 12.3. The van der Waals surface area contributed by atoms with E-state index in [1.54, 1.807) is 0 Å². The van der Waals surface area contributed by atoms with Gasteiger partial charge in [-0.25, -0.2) is 9.67 Å². The molecule has 0 bridgehead atoms. The molecule has 0 spiro atoms. The predicted molar refractivity (Wildman–Crippen MR) is 85.9 cm³/mol. The van der Waals surface area contributed by atoms with E-state index in [0.717, 1.165) is 29.2 Å². The second kappa shape index (κ2) is 5.92. The van der Waals surface area contributed by atoms with Crippen molar-refractivity contribution in [3.8, 4) is 22.8 Å². The van der Waals surface area contributed by atoms with Crippen LogP contribution in [-0.2, 0) is 0 Å². The van der Waals surface area contributed by atoms with Gasteiger partial charge in [-0.3, -0.25) is 0 Å². The summed E-state index contributed by atoms with van der Waals surface area (Å²) >= 11 is 0. The van der Waals surface area contributed by atoms with E-state index in [4.69, 9.17) is 10.1 Å². The van der Waals surface area contributed by atoms with Crippen LogP contribution < -0.4 is 0 Å². The maximum absolute atomic E-state index is 4.77. The first-order valence-corrected chi connectivity index (χ1v) is 7.37. The second-order valence-corrected chi connectivity index (χ2v) is 5.19. The highest BCUT2D eigenvalue weighted by Crippen LogP contribution is 2.25. The summed E-state index contributed by atoms with van der Waals surface area (Å²) < 4.78 is 2.04. The van der Waals surface area contributed by atoms with Crippen LogP contribution in [0.5, 0.6) is 0 Å². The van der Waals surface area contributed by atoms with Crippen LogP contribution in [0, 0.1) is 0 Å². The molecule has 0 aliphatic heterocycles. The number of nitrogens with zero attached hydrogens (tertiary/aromatic N) is 3. The lowest BCUT2D eigenvalue weighted by Gasteiger charge is -2.11. The Morgan fingerprint density at radius 3 is 2.05 bits per heavy atom. The standard InChI is InChI=1S/C18H19N3/c1-3-14(2)21-18(16-12-8-5-9-13-16)19-17(20-21)15-10-6-4-7-11-15/h4-14H,3H2,1-2H3/t14-/m0/s1. The molecule has 0 unspecified atom stereocenters. The zero-order valence-electron chi connectivity index (χ0n) is 12.4. The molecule has 0 radical (unpaired) electrons. The van der Waals surface area contributed by atoms with Crippen LogP contribution in [-0.4, -0.2) is 14.8 Å². The van der Waals surface area contributed by atoms with Gasteiger partial charge in [-0.05, 0) is 13.3 Å².